The van der Waals surface area contributed by atoms with Gasteiger partial charge in [0.1, 0.15) is 0 Å². The van der Waals surface area contributed by atoms with Crippen LogP contribution in [-0.4, -0.2) is 25.8 Å². The molecule has 0 aromatic carbocycles. The Balaban J connectivity index is 2.87. The number of nitrogens with zero attached hydrogens (tertiary/aromatic N) is 3. The Morgan fingerprint density at radius 2 is 2.44 bits per heavy atom. The first-order valence-electron chi connectivity index (χ1n) is 4.17. The van der Waals surface area contributed by atoms with E-state index in [1.807, 2.05) is 0 Å². The first-order valence-corrected chi connectivity index (χ1v) is 4.55. The third kappa shape index (κ3) is 3.06. The summed E-state index contributed by atoms with van der Waals surface area (Å²) >= 11 is 5.57. The summed E-state index contributed by atoms with van der Waals surface area (Å²) in [6.45, 7) is 1.72. The molecule has 0 unspecified atom stereocenters. The van der Waals surface area contributed by atoms with E-state index in [2.05, 4.69) is 5.10 Å². The zero-order valence-corrected chi connectivity index (χ0v) is 9.01. The van der Waals surface area contributed by atoms with E-state index >= 15 is 0 Å². The van der Waals surface area contributed by atoms with Crippen LogP contribution in [0.25, 0.3) is 0 Å². The topological polar surface area (TPSA) is 98.3 Å². The Labute approximate surface area is 95.1 Å². The molecule has 0 fully saturated rings. The van der Waals surface area contributed by atoms with Crippen molar-refractivity contribution in [3.8, 4) is 0 Å². The highest BCUT2D eigenvalue weighted by Gasteiger charge is 2.18. The molecule has 1 rings (SSSR count). The quantitative estimate of drug-likeness (QED) is 0.492. The molecule has 1 heterocycles. The molecule has 0 atom stereocenters. The minimum absolute atomic E-state index is 0.0758. The smallest absolute Gasteiger partial charge is 0.408 e. The molecule has 0 spiro atoms. The second-order valence-corrected chi connectivity index (χ2v) is 3.49. The van der Waals surface area contributed by atoms with Crippen LogP contribution in [0.3, 0.4) is 0 Å². The van der Waals surface area contributed by atoms with Gasteiger partial charge in [0.15, 0.2) is 5.02 Å². The van der Waals surface area contributed by atoms with E-state index in [4.69, 9.17) is 16.7 Å². The van der Waals surface area contributed by atoms with Gasteiger partial charge in [-0.1, -0.05) is 11.6 Å². The lowest BCUT2D eigenvalue weighted by molar-refractivity contribution is -0.389. The normalized spacial score (nSPS) is 11.5. The van der Waals surface area contributed by atoms with Gasteiger partial charge in [0, 0.05) is 6.08 Å². The average Bonchev–Trinajstić information content (AvgIpc) is 2.44. The van der Waals surface area contributed by atoms with Crippen LogP contribution in [0, 0.1) is 10.1 Å². The molecule has 7 nitrogen and oxygen atoms in total. The zero-order valence-electron chi connectivity index (χ0n) is 8.25. The highest BCUT2D eigenvalue weighted by molar-refractivity contribution is 6.32. The Morgan fingerprint density at radius 3 is 2.88 bits per heavy atom. The molecule has 86 valence electrons. The number of carbonyl (C=O) groups is 1. The van der Waals surface area contributed by atoms with Crippen LogP contribution in [0.5, 0.6) is 0 Å². The van der Waals surface area contributed by atoms with Crippen LogP contribution in [-0.2, 0) is 11.3 Å². The molecular weight excluding hydrogens is 238 g/mol. The fourth-order valence-electron chi connectivity index (χ4n) is 1.10. The van der Waals surface area contributed by atoms with Crippen molar-refractivity contribution in [1.82, 2.24) is 9.78 Å². The summed E-state index contributed by atoms with van der Waals surface area (Å²) < 4.78 is 1.22. The first kappa shape index (κ1) is 12.2. The van der Waals surface area contributed by atoms with Gasteiger partial charge >= 0.3 is 11.8 Å². The van der Waals surface area contributed by atoms with E-state index in [9.17, 15) is 14.9 Å². The van der Waals surface area contributed by atoms with E-state index < -0.39 is 16.7 Å². The van der Waals surface area contributed by atoms with Crippen molar-refractivity contribution in [1.29, 1.82) is 0 Å². The number of hydrogen-bond acceptors (Lipinski definition) is 4. The minimum atomic E-state index is -1.08. The summed E-state index contributed by atoms with van der Waals surface area (Å²) in [6, 6.07) is 0. The highest BCUT2D eigenvalue weighted by atomic mass is 35.5. The van der Waals surface area contributed by atoms with Gasteiger partial charge in [-0.05, 0) is 17.4 Å². The maximum Gasteiger partial charge on any atom is 0.408 e. The number of nitro groups is 1. The molecule has 0 bridgehead atoms. The van der Waals surface area contributed by atoms with Gasteiger partial charge in [-0.3, -0.25) is 0 Å². The molecular formula is C8H8ClN3O4. The van der Waals surface area contributed by atoms with Crippen LogP contribution in [0.1, 0.15) is 6.92 Å². The Bertz CT molecular complexity index is 466. The second-order valence-electron chi connectivity index (χ2n) is 3.08. The van der Waals surface area contributed by atoms with Gasteiger partial charge in [-0.15, -0.1) is 0 Å². The maximum absolute atomic E-state index is 10.4. The molecule has 1 aromatic heterocycles. The molecule has 0 saturated carbocycles. The Morgan fingerprint density at radius 1 is 1.81 bits per heavy atom. The largest absolute Gasteiger partial charge is 0.478 e. The SMILES string of the molecule is CC(=CC(=O)O)Cn1cc(Cl)c([N+](=O)[O-])n1. The molecule has 0 radical (unpaired) electrons. The van der Waals surface area contributed by atoms with Crippen LogP contribution >= 0.6 is 11.6 Å². The van der Waals surface area contributed by atoms with Crippen LogP contribution in [0.2, 0.25) is 5.02 Å². The van der Waals surface area contributed by atoms with Crippen molar-refractivity contribution >= 4 is 23.4 Å². The lowest BCUT2D eigenvalue weighted by Gasteiger charge is -1.95. The summed E-state index contributed by atoms with van der Waals surface area (Å²) in [4.78, 5) is 20.1. The van der Waals surface area contributed by atoms with E-state index in [-0.39, 0.29) is 11.6 Å². The fourth-order valence-corrected chi connectivity index (χ4v) is 1.32. The molecule has 0 aliphatic carbocycles. The lowest BCUT2D eigenvalue weighted by Crippen LogP contribution is -2.02. The van der Waals surface area contributed by atoms with Crippen molar-refractivity contribution in [2.45, 2.75) is 13.5 Å². The van der Waals surface area contributed by atoms with E-state index in [1.54, 1.807) is 6.92 Å². The van der Waals surface area contributed by atoms with Crippen molar-refractivity contribution in [2.24, 2.45) is 0 Å². The average molecular weight is 246 g/mol. The fraction of sp³-hybridized carbons (Fsp3) is 0.250. The number of carboxylic acids is 1. The van der Waals surface area contributed by atoms with E-state index in [1.165, 1.54) is 10.9 Å². The predicted octanol–water partition coefficient (Wildman–Crippen LogP) is 1.48. The number of halogens is 1. The number of aliphatic carboxylic acids is 1. The molecule has 1 N–H and O–H groups in total. The summed E-state index contributed by atoms with van der Waals surface area (Å²) in [5, 5.41) is 22.4. The lowest BCUT2D eigenvalue weighted by atomic mass is 10.3. The van der Waals surface area contributed by atoms with Gasteiger partial charge in [-0.25, -0.2) is 4.79 Å². The molecule has 0 saturated heterocycles. The zero-order chi connectivity index (χ0) is 12.3. The highest BCUT2D eigenvalue weighted by Crippen LogP contribution is 2.21. The first-order chi connectivity index (χ1) is 7.40. The van der Waals surface area contributed by atoms with Gasteiger partial charge < -0.3 is 15.2 Å². The van der Waals surface area contributed by atoms with Crippen LogP contribution in [0.4, 0.5) is 5.82 Å². The molecule has 16 heavy (non-hydrogen) atoms. The number of allylic oxidation sites excluding steroid dienone is 1. The Kier molecular flexibility index (Phi) is 3.62. The summed E-state index contributed by atoms with van der Waals surface area (Å²) in [5.41, 5.74) is 0.501. The van der Waals surface area contributed by atoms with E-state index in [0.717, 1.165) is 6.08 Å². The standard InChI is InChI=1S/C8H8ClN3O4/c1-5(2-7(13)14)3-11-4-6(9)8(10-11)12(15)16/h2,4H,3H2,1H3,(H,13,14). The van der Waals surface area contributed by atoms with Crippen LogP contribution < -0.4 is 0 Å². The molecule has 1 aromatic rings. The molecule has 0 amide bonds. The summed E-state index contributed by atoms with van der Waals surface area (Å²) in [5.74, 6) is -1.52. The molecule has 0 aliphatic heterocycles. The second kappa shape index (κ2) is 4.75. The number of rotatable bonds is 4. The van der Waals surface area contributed by atoms with Gasteiger partial charge in [0.05, 0.1) is 17.8 Å². The monoisotopic (exact) mass is 245 g/mol. The number of carboxylic acid groups (broad SMARTS) is 1. The van der Waals surface area contributed by atoms with Gasteiger partial charge in [0.2, 0.25) is 0 Å². The minimum Gasteiger partial charge on any atom is -0.478 e. The third-order valence-corrected chi connectivity index (χ3v) is 1.92. The van der Waals surface area contributed by atoms with Gasteiger partial charge in [0.25, 0.3) is 0 Å². The maximum atomic E-state index is 10.4. The van der Waals surface area contributed by atoms with Crippen molar-refractivity contribution in [3.05, 3.63) is 33.0 Å². The Hall–Kier alpha value is -1.89. The summed E-state index contributed by atoms with van der Waals surface area (Å²) in [7, 11) is 0. The molecule has 8 heteroatoms. The number of aromatic nitrogens is 2. The van der Waals surface area contributed by atoms with E-state index in [0.29, 0.717) is 5.57 Å². The van der Waals surface area contributed by atoms with Gasteiger partial charge in [-0.2, -0.15) is 4.68 Å². The predicted molar refractivity (Wildman–Crippen MR) is 55.3 cm³/mol. The van der Waals surface area contributed by atoms with Crippen molar-refractivity contribution in [2.75, 3.05) is 0 Å². The third-order valence-electron chi connectivity index (χ3n) is 1.65. The van der Waals surface area contributed by atoms with Crippen molar-refractivity contribution < 1.29 is 14.8 Å². The molecule has 0 aliphatic rings. The summed E-state index contributed by atoms with van der Waals surface area (Å²) in [6.07, 6.45) is 2.28. The number of hydrogen-bond donors (Lipinski definition) is 1. The van der Waals surface area contributed by atoms with Crippen molar-refractivity contribution in [3.63, 3.8) is 0 Å². The van der Waals surface area contributed by atoms with Crippen LogP contribution in [0.15, 0.2) is 17.8 Å².